The van der Waals surface area contributed by atoms with Crippen LogP contribution in [-0.4, -0.2) is 25.5 Å². The maximum Gasteiger partial charge on any atom is 0.416 e. The van der Waals surface area contributed by atoms with Crippen molar-refractivity contribution in [2.45, 2.75) is 20.0 Å². The standard InChI is InChI=1S/C17H17F3N2O3S/c1-9-10(2)26-15(14(9)16(24)25-3)22-13(23)8-21-12-6-4-5-11(7-12)17(18,19)20/h4-7,21H,8H2,1-3H3,(H,22,23). The SMILES string of the molecule is COC(=O)c1c(NC(=O)CNc2cccc(C(F)(F)F)c2)sc(C)c1C. The molecule has 0 spiro atoms. The molecule has 0 unspecified atom stereocenters. The predicted octanol–water partition coefficient (Wildman–Crippen LogP) is 4.22. The number of halogens is 3. The first-order chi connectivity index (χ1) is 12.1. The molecule has 0 atom stereocenters. The molecule has 9 heteroatoms. The normalized spacial score (nSPS) is 11.2. The summed E-state index contributed by atoms with van der Waals surface area (Å²) >= 11 is 1.23. The van der Waals surface area contributed by atoms with E-state index in [1.807, 2.05) is 6.92 Å². The summed E-state index contributed by atoms with van der Waals surface area (Å²) in [5, 5.41) is 5.58. The Hall–Kier alpha value is -2.55. The van der Waals surface area contributed by atoms with Gasteiger partial charge in [0.15, 0.2) is 0 Å². The third kappa shape index (κ3) is 4.54. The molecule has 0 aliphatic heterocycles. The Balaban J connectivity index is 2.07. The number of amides is 1. The number of carbonyl (C=O) groups is 2. The number of rotatable bonds is 5. The van der Waals surface area contributed by atoms with E-state index in [4.69, 9.17) is 4.74 Å². The van der Waals surface area contributed by atoms with Gasteiger partial charge in [0.2, 0.25) is 5.91 Å². The van der Waals surface area contributed by atoms with Gasteiger partial charge in [-0.3, -0.25) is 4.79 Å². The van der Waals surface area contributed by atoms with Gasteiger partial charge in [-0.25, -0.2) is 4.79 Å². The van der Waals surface area contributed by atoms with E-state index in [-0.39, 0.29) is 17.8 Å². The summed E-state index contributed by atoms with van der Waals surface area (Å²) < 4.78 is 42.8. The molecule has 0 radical (unpaired) electrons. The van der Waals surface area contributed by atoms with Gasteiger partial charge < -0.3 is 15.4 Å². The summed E-state index contributed by atoms with van der Waals surface area (Å²) in [6, 6.07) is 4.56. The van der Waals surface area contributed by atoms with Gasteiger partial charge in [0.1, 0.15) is 5.00 Å². The van der Waals surface area contributed by atoms with Crippen LogP contribution < -0.4 is 10.6 Å². The molecular weight excluding hydrogens is 369 g/mol. The molecule has 1 amide bonds. The minimum Gasteiger partial charge on any atom is -0.465 e. The number of alkyl halides is 3. The van der Waals surface area contributed by atoms with Gasteiger partial charge >= 0.3 is 12.1 Å². The van der Waals surface area contributed by atoms with Gasteiger partial charge in [0.05, 0.1) is 24.8 Å². The van der Waals surface area contributed by atoms with E-state index < -0.39 is 23.6 Å². The van der Waals surface area contributed by atoms with E-state index in [0.717, 1.165) is 17.0 Å². The zero-order valence-electron chi connectivity index (χ0n) is 14.3. The highest BCUT2D eigenvalue weighted by Crippen LogP contribution is 2.33. The van der Waals surface area contributed by atoms with Gasteiger partial charge in [0.25, 0.3) is 0 Å². The number of thiophene rings is 1. The third-order valence-electron chi connectivity index (χ3n) is 3.67. The van der Waals surface area contributed by atoms with E-state index in [0.29, 0.717) is 10.6 Å². The molecule has 0 fully saturated rings. The number of hydrogen-bond donors (Lipinski definition) is 2. The Bertz CT molecular complexity index is 831. The Morgan fingerprint density at radius 2 is 1.92 bits per heavy atom. The summed E-state index contributed by atoms with van der Waals surface area (Å²) in [5.41, 5.74) is 0.354. The first kappa shape index (κ1) is 19.8. The van der Waals surface area contributed by atoms with Crippen molar-refractivity contribution in [1.82, 2.24) is 0 Å². The smallest absolute Gasteiger partial charge is 0.416 e. The lowest BCUT2D eigenvalue weighted by molar-refractivity contribution is -0.137. The molecule has 0 aliphatic rings. The quantitative estimate of drug-likeness (QED) is 0.755. The minimum atomic E-state index is -4.46. The molecule has 1 heterocycles. The molecule has 0 bridgehead atoms. The monoisotopic (exact) mass is 386 g/mol. The van der Waals surface area contributed by atoms with Crippen molar-refractivity contribution >= 4 is 33.9 Å². The first-order valence-electron chi connectivity index (χ1n) is 7.52. The van der Waals surface area contributed by atoms with Crippen molar-refractivity contribution < 1.29 is 27.5 Å². The average Bonchev–Trinajstić information content (AvgIpc) is 2.86. The average molecular weight is 386 g/mol. The summed E-state index contributed by atoms with van der Waals surface area (Å²) in [6.07, 6.45) is -4.46. The fourth-order valence-corrected chi connectivity index (χ4v) is 3.29. The molecule has 1 aromatic carbocycles. The second-order valence-corrected chi connectivity index (χ2v) is 6.68. The van der Waals surface area contributed by atoms with Crippen LogP contribution in [0.1, 0.15) is 26.4 Å². The summed E-state index contributed by atoms with van der Waals surface area (Å²) in [6.45, 7) is 3.30. The molecule has 2 aromatic rings. The summed E-state index contributed by atoms with van der Waals surface area (Å²) in [4.78, 5) is 24.8. The van der Waals surface area contributed by atoms with Crippen LogP contribution >= 0.6 is 11.3 Å². The molecule has 2 rings (SSSR count). The molecule has 0 aliphatic carbocycles. The number of hydrogen-bond acceptors (Lipinski definition) is 5. The zero-order valence-corrected chi connectivity index (χ0v) is 15.1. The van der Waals surface area contributed by atoms with Gasteiger partial charge in [-0.1, -0.05) is 6.07 Å². The van der Waals surface area contributed by atoms with E-state index in [2.05, 4.69) is 10.6 Å². The van der Waals surface area contributed by atoms with E-state index in [9.17, 15) is 22.8 Å². The van der Waals surface area contributed by atoms with Crippen LogP contribution in [0.15, 0.2) is 24.3 Å². The van der Waals surface area contributed by atoms with Crippen LogP contribution in [0.4, 0.5) is 23.9 Å². The van der Waals surface area contributed by atoms with Crippen LogP contribution in [-0.2, 0) is 15.7 Å². The maximum absolute atomic E-state index is 12.7. The van der Waals surface area contributed by atoms with E-state index in [1.54, 1.807) is 6.92 Å². The van der Waals surface area contributed by atoms with Crippen molar-refractivity contribution in [3.8, 4) is 0 Å². The van der Waals surface area contributed by atoms with Crippen molar-refractivity contribution in [3.63, 3.8) is 0 Å². The minimum absolute atomic E-state index is 0.168. The Labute approximate surface area is 152 Å². The highest BCUT2D eigenvalue weighted by molar-refractivity contribution is 7.16. The summed E-state index contributed by atoms with van der Waals surface area (Å²) in [5.74, 6) is -1.05. The number of benzene rings is 1. The van der Waals surface area contributed by atoms with Crippen molar-refractivity contribution in [1.29, 1.82) is 0 Å². The highest BCUT2D eigenvalue weighted by atomic mass is 32.1. The third-order valence-corrected chi connectivity index (χ3v) is 4.79. The summed E-state index contributed by atoms with van der Waals surface area (Å²) in [7, 11) is 1.25. The van der Waals surface area contributed by atoms with E-state index in [1.165, 1.54) is 30.6 Å². The van der Waals surface area contributed by atoms with E-state index >= 15 is 0 Å². The Kier molecular flexibility index (Phi) is 5.91. The number of methoxy groups -OCH3 is 1. The van der Waals surface area contributed by atoms with Crippen LogP contribution in [0.25, 0.3) is 0 Å². The number of ether oxygens (including phenoxy) is 1. The van der Waals surface area contributed by atoms with Gasteiger partial charge in [-0.15, -0.1) is 11.3 Å². The zero-order chi connectivity index (χ0) is 19.5. The lowest BCUT2D eigenvalue weighted by Crippen LogP contribution is -2.22. The molecule has 0 saturated carbocycles. The van der Waals surface area contributed by atoms with Crippen molar-refractivity contribution in [2.75, 3.05) is 24.3 Å². The number of carbonyl (C=O) groups excluding carboxylic acids is 2. The largest absolute Gasteiger partial charge is 0.465 e. The van der Waals surface area contributed by atoms with Crippen LogP contribution in [0, 0.1) is 13.8 Å². The number of esters is 1. The maximum atomic E-state index is 12.7. The van der Waals surface area contributed by atoms with Crippen molar-refractivity contribution in [3.05, 3.63) is 45.8 Å². The number of anilines is 2. The number of aryl methyl sites for hydroxylation is 1. The van der Waals surface area contributed by atoms with Gasteiger partial charge in [-0.05, 0) is 37.6 Å². The lowest BCUT2D eigenvalue weighted by Gasteiger charge is -2.11. The van der Waals surface area contributed by atoms with Gasteiger partial charge in [-0.2, -0.15) is 13.2 Å². The second-order valence-electron chi connectivity index (χ2n) is 5.46. The van der Waals surface area contributed by atoms with Crippen LogP contribution in [0.5, 0.6) is 0 Å². The molecule has 5 nitrogen and oxygen atoms in total. The van der Waals surface area contributed by atoms with Gasteiger partial charge in [0, 0.05) is 10.6 Å². The predicted molar refractivity (Wildman–Crippen MR) is 93.7 cm³/mol. The fourth-order valence-electron chi connectivity index (χ4n) is 2.22. The molecule has 0 saturated heterocycles. The number of nitrogens with one attached hydrogen (secondary N) is 2. The molecule has 26 heavy (non-hydrogen) atoms. The Morgan fingerprint density at radius 3 is 2.54 bits per heavy atom. The molecule has 2 N–H and O–H groups in total. The highest BCUT2D eigenvalue weighted by Gasteiger charge is 2.30. The molecule has 140 valence electrons. The van der Waals surface area contributed by atoms with Crippen LogP contribution in [0.2, 0.25) is 0 Å². The van der Waals surface area contributed by atoms with Crippen LogP contribution in [0.3, 0.4) is 0 Å². The molecular formula is C17H17F3N2O3S. The second kappa shape index (κ2) is 7.77. The topological polar surface area (TPSA) is 67.4 Å². The lowest BCUT2D eigenvalue weighted by atomic mass is 10.1. The van der Waals surface area contributed by atoms with Crippen molar-refractivity contribution in [2.24, 2.45) is 0 Å². The first-order valence-corrected chi connectivity index (χ1v) is 8.34. The molecule has 1 aromatic heterocycles. The Morgan fingerprint density at radius 1 is 1.23 bits per heavy atom. The fraction of sp³-hybridized carbons (Fsp3) is 0.294.